The lowest BCUT2D eigenvalue weighted by atomic mass is 10.1. The Labute approximate surface area is 85.1 Å². The maximum atomic E-state index is 9.36. The summed E-state index contributed by atoms with van der Waals surface area (Å²) in [6.07, 6.45) is 7.34. The number of benzene rings is 1. The van der Waals surface area contributed by atoms with Crippen LogP contribution in [0.1, 0.15) is 24.8 Å². The predicted molar refractivity (Wildman–Crippen MR) is 58.8 cm³/mol. The average molecular weight is 188 g/mol. The minimum atomic E-state index is -0.0691. The first kappa shape index (κ1) is 9.47. The highest BCUT2D eigenvalue weighted by Gasteiger charge is 2.19. The third kappa shape index (κ3) is 2.46. The van der Waals surface area contributed by atoms with Crippen LogP contribution in [0.3, 0.4) is 0 Å². The van der Waals surface area contributed by atoms with Crippen molar-refractivity contribution in [2.45, 2.75) is 25.4 Å². The van der Waals surface area contributed by atoms with Crippen LogP contribution < -0.4 is 0 Å². The third-order valence-corrected chi connectivity index (χ3v) is 2.81. The summed E-state index contributed by atoms with van der Waals surface area (Å²) in [6, 6.07) is 10.3. The van der Waals surface area contributed by atoms with E-state index in [1.54, 1.807) is 0 Å². The van der Waals surface area contributed by atoms with Crippen molar-refractivity contribution in [3.63, 3.8) is 0 Å². The number of hydrogen-bond donors (Lipinski definition) is 1. The van der Waals surface area contributed by atoms with Gasteiger partial charge >= 0.3 is 0 Å². The van der Waals surface area contributed by atoms with Gasteiger partial charge in [0.2, 0.25) is 0 Å². The van der Waals surface area contributed by atoms with E-state index >= 15 is 0 Å². The van der Waals surface area contributed by atoms with Crippen LogP contribution in [-0.2, 0) is 0 Å². The fourth-order valence-electron chi connectivity index (χ4n) is 1.98. The second-order valence-corrected chi connectivity index (χ2v) is 4.00. The van der Waals surface area contributed by atoms with Gasteiger partial charge in [0.15, 0.2) is 0 Å². The second-order valence-electron chi connectivity index (χ2n) is 4.00. The molecule has 0 bridgehead atoms. The Balaban J connectivity index is 1.94. The molecule has 0 aromatic heterocycles. The van der Waals surface area contributed by atoms with Crippen molar-refractivity contribution in [3.8, 4) is 0 Å². The topological polar surface area (TPSA) is 20.2 Å². The highest BCUT2D eigenvalue weighted by molar-refractivity contribution is 5.49. The molecule has 1 aliphatic rings. The van der Waals surface area contributed by atoms with Crippen molar-refractivity contribution in [2.24, 2.45) is 5.92 Å². The van der Waals surface area contributed by atoms with Gasteiger partial charge in [-0.05, 0) is 30.7 Å². The molecule has 1 saturated carbocycles. The fraction of sp³-hybridized carbons (Fsp3) is 0.385. The summed E-state index contributed by atoms with van der Waals surface area (Å²) < 4.78 is 0. The Morgan fingerprint density at radius 2 is 1.93 bits per heavy atom. The van der Waals surface area contributed by atoms with Crippen molar-refractivity contribution in [1.29, 1.82) is 0 Å². The first-order valence-corrected chi connectivity index (χ1v) is 5.26. The molecule has 2 unspecified atom stereocenters. The quantitative estimate of drug-likeness (QED) is 0.756. The minimum Gasteiger partial charge on any atom is -0.393 e. The van der Waals surface area contributed by atoms with Gasteiger partial charge in [0.05, 0.1) is 6.10 Å². The highest BCUT2D eigenvalue weighted by atomic mass is 16.3. The van der Waals surface area contributed by atoms with Gasteiger partial charge in [-0.1, -0.05) is 42.5 Å². The van der Waals surface area contributed by atoms with E-state index in [0.717, 1.165) is 19.3 Å². The fourth-order valence-corrected chi connectivity index (χ4v) is 1.98. The van der Waals surface area contributed by atoms with E-state index in [-0.39, 0.29) is 6.10 Å². The number of allylic oxidation sites excluding steroid dienone is 1. The molecular weight excluding hydrogens is 172 g/mol. The monoisotopic (exact) mass is 188 g/mol. The molecule has 14 heavy (non-hydrogen) atoms. The van der Waals surface area contributed by atoms with Gasteiger partial charge in [-0.3, -0.25) is 0 Å². The van der Waals surface area contributed by atoms with Crippen LogP contribution >= 0.6 is 0 Å². The van der Waals surface area contributed by atoms with Gasteiger partial charge in [0, 0.05) is 0 Å². The standard InChI is InChI=1S/C13H16O/c14-13-9-8-12(10-13)7-6-11-4-2-1-3-5-11/h1-7,12-14H,8-10H2/b7-6+. The van der Waals surface area contributed by atoms with Crippen LogP contribution in [0.25, 0.3) is 6.08 Å². The third-order valence-electron chi connectivity index (χ3n) is 2.81. The normalized spacial score (nSPS) is 27.2. The van der Waals surface area contributed by atoms with Crippen molar-refractivity contribution >= 4 is 6.08 Å². The molecule has 0 heterocycles. The first-order valence-electron chi connectivity index (χ1n) is 5.26. The molecule has 1 heteroatoms. The highest BCUT2D eigenvalue weighted by Crippen LogP contribution is 2.26. The Morgan fingerprint density at radius 3 is 2.57 bits per heavy atom. The number of hydrogen-bond acceptors (Lipinski definition) is 1. The summed E-state index contributed by atoms with van der Waals surface area (Å²) in [4.78, 5) is 0. The van der Waals surface area contributed by atoms with Crippen LogP contribution in [0, 0.1) is 5.92 Å². The van der Waals surface area contributed by atoms with E-state index in [1.165, 1.54) is 5.56 Å². The zero-order chi connectivity index (χ0) is 9.80. The molecule has 1 fully saturated rings. The van der Waals surface area contributed by atoms with Crippen molar-refractivity contribution in [2.75, 3.05) is 0 Å². The summed E-state index contributed by atoms with van der Waals surface area (Å²) in [5.41, 5.74) is 1.24. The molecule has 2 atom stereocenters. The Bertz CT molecular complexity index is 302. The van der Waals surface area contributed by atoms with Gasteiger partial charge < -0.3 is 5.11 Å². The van der Waals surface area contributed by atoms with Crippen LogP contribution in [0.15, 0.2) is 36.4 Å². The smallest absolute Gasteiger partial charge is 0.0546 e. The number of rotatable bonds is 2. The molecule has 1 aromatic rings. The molecule has 1 nitrogen and oxygen atoms in total. The van der Waals surface area contributed by atoms with Gasteiger partial charge in [0.1, 0.15) is 0 Å². The summed E-state index contributed by atoms with van der Waals surface area (Å²) in [6.45, 7) is 0. The van der Waals surface area contributed by atoms with Gasteiger partial charge in [0.25, 0.3) is 0 Å². The zero-order valence-electron chi connectivity index (χ0n) is 8.26. The largest absolute Gasteiger partial charge is 0.393 e. The van der Waals surface area contributed by atoms with Crippen molar-refractivity contribution in [1.82, 2.24) is 0 Å². The molecule has 74 valence electrons. The lowest BCUT2D eigenvalue weighted by molar-refractivity contribution is 0.180. The van der Waals surface area contributed by atoms with Crippen LogP contribution in [0.5, 0.6) is 0 Å². The lowest BCUT2D eigenvalue weighted by Crippen LogP contribution is -1.98. The van der Waals surface area contributed by atoms with Gasteiger partial charge in [-0.25, -0.2) is 0 Å². The molecular formula is C13H16O. The van der Waals surface area contributed by atoms with Gasteiger partial charge in [-0.15, -0.1) is 0 Å². The maximum absolute atomic E-state index is 9.36. The molecule has 0 aliphatic heterocycles. The van der Waals surface area contributed by atoms with E-state index in [1.807, 2.05) is 18.2 Å². The molecule has 0 spiro atoms. The first-order chi connectivity index (χ1) is 6.84. The average Bonchev–Trinajstić information content (AvgIpc) is 2.63. The molecule has 2 rings (SSSR count). The Kier molecular flexibility index (Phi) is 3.00. The van der Waals surface area contributed by atoms with E-state index in [4.69, 9.17) is 0 Å². The summed E-state index contributed by atoms with van der Waals surface area (Å²) in [5.74, 6) is 0.574. The summed E-state index contributed by atoms with van der Waals surface area (Å²) in [7, 11) is 0. The lowest BCUT2D eigenvalue weighted by Gasteiger charge is -2.01. The molecule has 0 amide bonds. The molecule has 0 saturated heterocycles. The van der Waals surface area contributed by atoms with Crippen LogP contribution in [-0.4, -0.2) is 11.2 Å². The van der Waals surface area contributed by atoms with Crippen molar-refractivity contribution in [3.05, 3.63) is 42.0 Å². The molecule has 1 N–H and O–H groups in total. The summed E-state index contributed by atoms with van der Waals surface area (Å²) >= 11 is 0. The van der Waals surface area contributed by atoms with E-state index in [0.29, 0.717) is 5.92 Å². The number of aliphatic hydroxyl groups excluding tert-OH is 1. The second kappa shape index (κ2) is 4.43. The van der Waals surface area contributed by atoms with E-state index < -0.39 is 0 Å². The molecule has 1 aliphatic carbocycles. The van der Waals surface area contributed by atoms with Crippen LogP contribution in [0.2, 0.25) is 0 Å². The molecule has 0 radical (unpaired) electrons. The van der Waals surface area contributed by atoms with Crippen molar-refractivity contribution < 1.29 is 5.11 Å². The Hall–Kier alpha value is -1.08. The Morgan fingerprint density at radius 1 is 1.14 bits per heavy atom. The zero-order valence-corrected chi connectivity index (χ0v) is 8.26. The maximum Gasteiger partial charge on any atom is 0.0546 e. The predicted octanol–water partition coefficient (Wildman–Crippen LogP) is 2.86. The SMILES string of the molecule is OC1CCC(/C=C/c2ccccc2)C1. The van der Waals surface area contributed by atoms with Gasteiger partial charge in [-0.2, -0.15) is 0 Å². The van der Waals surface area contributed by atoms with E-state index in [2.05, 4.69) is 24.3 Å². The summed E-state index contributed by atoms with van der Waals surface area (Å²) in [5, 5.41) is 9.36. The number of aliphatic hydroxyl groups is 1. The molecule has 1 aromatic carbocycles. The van der Waals surface area contributed by atoms with Crippen LogP contribution in [0.4, 0.5) is 0 Å². The minimum absolute atomic E-state index is 0.0691. The van der Waals surface area contributed by atoms with E-state index in [9.17, 15) is 5.11 Å².